The summed E-state index contributed by atoms with van der Waals surface area (Å²) >= 11 is 5.99. The molecule has 9 heteroatoms. The first-order chi connectivity index (χ1) is 11.0. The number of ether oxygens (including phenoxy) is 1. The van der Waals surface area contributed by atoms with Crippen LogP contribution in [-0.4, -0.2) is 44.2 Å². The number of rotatable bonds is 6. The summed E-state index contributed by atoms with van der Waals surface area (Å²) in [6.07, 6.45) is 1.82. The van der Waals surface area contributed by atoms with Gasteiger partial charge in [-0.2, -0.15) is 0 Å². The van der Waals surface area contributed by atoms with E-state index in [2.05, 4.69) is 10.6 Å². The minimum atomic E-state index is -0.545. The van der Waals surface area contributed by atoms with Gasteiger partial charge in [-0.15, -0.1) is 12.4 Å². The van der Waals surface area contributed by atoms with Gasteiger partial charge in [0.25, 0.3) is 11.6 Å². The predicted octanol–water partition coefficient (Wildman–Crippen LogP) is 2.42. The van der Waals surface area contributed by atoms with Crippen LogP contribution in [0, 0.1) is 15.5 Å². The molecule has 24 heavy (non-hydrogen) atoms. The highest BCUT2D eigenvalue weighted by atomic mass is 35.5. The van der Waals surface area contributed by atoms with Crippen molar-refractivity contribution in [2.24, 2.45) is 5.41 Å². The van der Waals surface area contributed by atoms with Crippen LogP contribution in [0.4, 0.5) is 5.69 Å². The molecule has 1 fully saturated rings. The average Bonchev–Trinajstić information content (AvgIpc) is 2.53. The molecule has 0 radical (unpaired) electrons. The second-order valence-electron chi connectivity index (χ2n) is 5.79. The summed E-state index contributed by atoms with van der Waals surface area (Å²) in [4.78, 5) is 22.5. The Bertz CT molecular complexity index is 587. The molecule has 0 aromatic heterocycles. The largest absolute Gasteiger partial charge is 0.384 e. The molecule has 1 aromatic rings. The van der Waals surface area contributed by atoms with Gasteiger partial charge in [-0.05, 0) is 32.0 Å². The first kappa shape index (κ1) is 20.6. The molecule has 1 amide bonds. The Morgan fingerprint density at radius 2 is 2.12 bits per heavy atom. The van der Waals surface area contributed by atoms with E-state index in [0.29, 0.717) is 13.2 Å². The lowest BCUT2D eigenvalue weighted by molar-refractivity contribution is -0.384. The average molecular weight is 378 g/mol. The first-order valence-corrected chi connectivity index (χ1v) is 7.77. The Morgan fingerprint density at radius 1 is 1.46 bits per heavy atom. The maximum absolute atomic E-state index is 12.3. The highest BCUT2D eigenvalue weighted by Gasteiger charge is 2.32. The first-order valence-electron chi connectivity index (χ1n) is 7.39. The van der Waals surface area contributed by atoms with Crippen LogP contribution in [0.5, 0.6) is 0 Å². The molecule has 0 unspecified atom stereocenters. The lowest BCUT2D eigenvalue weighted by atomic mass is 9.79. The number of piperidine rings is 1. The quantitative estimate of drug-likeness (QED) is 0.586. The van der Waals surface area contributed by atoms with Gasteiger partial charge in [-0.25, -0.2) is 0 Å². The van der Waals surface area contributed by atoms with Crippen molar-refractivity contribution >= 4 is 35.6 Å². The van der Waals surface area contributed by atoms with E-state index in [1.54, 1.807) is 7.11 Å². The van der Waals surface area contributed by atoms with Crippen molar-refractivity contribution < 1.29 is 14.5 Å². The van der Waals surface area contributed by atoms with Gasteiger partial charge in [-0.3, -0.25) is 14.9 Å². The minimum absolute atomic E-state index is 0. The molecule has 0 bridgehead atoms. The summed E-state index contributed by atoms with van der Waals surface area (Å²) in [5.41, 5.74) is 0.00245. The van der Waals surface area contributed by atoms with E-state index in [9.17, 15) is 14.9 Å². The van der Waals surface area contributed by atoms with Crippen LogP contribution in [-0.2, 0) is 4.74 Å². The van der Waals surface area contributed by atoms with Crippen molar-refractivity contribution in [2.75, 3.05) is 33.4 Å². The molecule has 0 atom stereocenters. The zero-order valence-corrected chi connectivity index (χ0v) is 14.9. The minimum Gasteiger partial charge on any atom is -0.384 e. The molecular weight excluding hydrogens is 357 g/mol. The summed E-state index contributed by atoms with van der Waals surface area (Å²) in [6.45, 7) is 2.83. The molecule has 2 N–H and O–H groups in total. The molecule has 2 rings (SSSR count). The molecular formula is C15H21Cl2N3O4. The summed E-state index contributed by atoms with van der Waals surface area (Å²) < 4.78 is 5.31. The van der Waals surface area contributed by atoms with E-state index in [1.165, 1.54) is 18.2 Å². The van der Waals surface area contributed by atoms with E-state index in [-0.39, 0.29) is 40.0 Å². The molecule has 134 valence electrons. The van der Waals surface area contributed by atoms with Gasteiger partial charge in [0.1, 0.15) is 0 Å². The van der Waals surface area contributed by atoms with E-state index in [0.717, 1.165) is 25.9 Å². The molecule has 7 nitrogen and oxygen atoms in total. The molecule has 1 saturated heterocycles. The molecule has 1 aliphatic rings. The van der Waals surface area contributed by atoms with Crippen LogP contribution in [0.3, 0.4) is 0 Å². The number of nitrogens with one attached hydrogen (secondary N) is 2. The fraction of sp³-hybridized carbons (Fsp3) is 0.533. The number of halogens is 2. The normalized spacial score (nSPS) is 16.1. The predicted molar refractivity (Wildman–Crippen MR) is 94.1 cm³/mol. The Labute approximate surface area is 151 Å². The summed E-state index contributed by atoms with van der Waals surface area (Å²) in [5, 5.41) is 17.0. The topological polar surface area (TPSA) is 93.5 Å². The van der Waals surface area contributed by atoms with Crippen molar-refractivity contribution in [3.8, 4) is 0 Å². The molecule has 1 aromatic carbocycles. The molecule has 1 aliphatic heterocycles. The Balaban J connectivity index is 0.00000288. The summed E-state index contributed by atoms with van der Waals surface area (Å²) in [5.74, 6) is -0.334. The summed E-state index contributed by atoms with van der Waals surface area (Å²) in [7, 11) is 1.65. The number of carbonyl (C=O) groups excluding carboxylic acids is 1. The highest BCUT2D eigenvalue weighted by Crippen LogP contribution is 2.29. The van der Waals surface area contributed by atoms with Crippen molar-refractivity contribution in [2.45, 2.75) is 12.8 Å². The third-order valence-electron chi connectivity index (χ3n) is 4.15. The zero-order chi connectivity index (χ0) is 16.9. The van der Waals surface area contributed by atoms with Crippen LogP contribution in [0.2, 0.25) is 5.02 Å². The summed E-state index contributed by atoms with van der Waals surface area (Å²) in [6, 6.07) is 3.84. The standard InChI is InChI=1S/C15H20ClN3O4.ClH/c1-23-10-15(4-6-17-7-5-15)9-18-14(20)12-3-2-11(19(21)22)8-13(12)16;/h2-3,8,17H,4-7,9-10H2,1H3,(H,18,20);1H. The fourth-order valence-electron chi connectivity index (χ4n) is 2.80. The smallest absolute Gasteiger partial charge is 0.270 e. The third kappa shape index (κ3) is 5.04. The number of non-ortho nitro benzene ring substituents is 1. The number of carbonyl (C=O) groups is 1. The third-order valence-corrected chi connectivity index (χ3v) is 4.46. The van der Waals surface area contributed by atoms with Crippen LogP contribution in [0.15, 0.2) is 18.2 Å². The van der Waals surface area contributed by atoms with Gasteiger partial charge < -0.3 is 15.4 Å². The van der Waals surface area contributed by atoms with Crippen LogP contribution in [0.25, 0.3) is 0 Å². The maximum Gasteiger partial charge on any atom is 0.270 e. The number of nitro benzene ring substituents is 1. The monoisotopic (exact) mass is 377 g/mol. The van der Waals surface area contributed by atoms with E-state index < -0.39 is 4.92 Å². The Kier molecular flexibility index (Phi) is 7.89. The van der Waals surface area contributed by atoms with E-state index >= 15 is 0 Å². The number of methoxy groups -OCH3 is 1. The molecule has 0 aliphatic carbocycles. The number of hydrogen-bond acceptors (Lipinski definition) is 5. The van der Waals surface area contributed by atoms with Crippen molar-refractivity contribution in [3.63, 3.8) is 0 Å². The second-order valence-corrected chi connectivity index (χ2v) is 6.19. The maximum atomic E-state index is 12.3. The van der Waals surface area contributed by atoms with Gasteiger partial charge >= 0.3 is 0 Å². The van der Waals surface area contributed by atoms with Crippen molar-refractivity contribution in [3.05, 3.63) is 38.9 Å². The number of benzene rings is 1. The van der Waals surface area contributed by atoms with Gasteiger partial charge in [-0.1, -0.05) is 11.6 Å². The number of nitro groups is 1. The lowest BCUT2D eigenvalue weighted by Crippen LogP contribution is -2.47. The number of amides is 1. The zero-order valence-electron chi connectivity index (χ0n) is 13.3. The Hall–Kier alpha value is -1.41. The highest BCUT2D eigenvalue weighted by molar-refractivity contribution is 6.34. The van der Waals surface area contributed by atoms with Crippen molar-refractivity contribution in [1.82, 2.24) is 10.6 Å². The molecule has 0 saturated carbocycles. The second kappa shape index (κ2) is 9.17. The van der Waals surface area contributed by atoms with Crippen molar-refractivity contribution in [1.29, 1.82) is 0 Å². The lowest BCUT2D eigenvalue weighted by Gasteiger charge is -2.37. The van der Waals surface area contributed by atoms with Gasteiger partial charge in [0.15, 0.2) is 0 Å². The van der Waals surface area contributed by atoms with Gasteiger partial charge in [0, 0.05) is 31.2 Å². The van der Waals surface area contributed by atoms with E-state index in [1.807, 2.05) is 0 Å². The fourth-order valence-corrected chi connectivity index (χ4v) is 3.06. The Morgan fingerprint density at radius 3 is 2.67 bits per heavy atom. The molecule has 1 heterocycles. The number of hydrogen-bond donors (Lipinski definition) is 2. The molecule has 0 spiro atoms. The van der Waals surface area contributed by atoms with Crippen LogP contribution < -0.4 is 10.6 Å². The van der Waals surface area contributed by atoms with Gasteiger partial charge in [0.2, 0.25) is 0 Å². The SMILES string of the molecule is COCC1(CNC(=O)c2ccc([N+](=O)[O-])cc2Cl)CCNCC1.Cl. The van der Waals surface area contributed by atoms with Crippen LogP contribution >= 0.6 is 24.0 Å². The number of nitrogens with zero attached hydrogens (tertiary/aromatic N) is 1. The van der Waals surface area contributed by atoms with Crippen LogP contribution in [0.1, 0.15) is 23.2 Å². The van der Waals surface area contributed by atoms with E-state index in [4.69, 9.17) is 16.3 Å². The van der Waals surface area contributed by atoms with Gasteiger partial charge in [0.05, 0.1) is 22.1 Å².